The molecule has 0 amide bonds. The highest BCUT2D eigenvalue weighted by Gasteiger charge is 2.15. The molecule has 0 aliphatic rings. The number of benzene rings is 1. The fourth-order valence-corrected chi connectivity index (χ4v) is 2.45. The highest BCUT2D eigenvalue weighted by molar-refractivity contribution is 5.15. The normalized spacial score (nSPS) is 12.8. The Morgan fingerprint density at radius 1 is 1.00 bits per heavy atom. The van der Waals surface area contributed by atoms with Crippen LogP contribution < -0.4 is 0 Å². The third-order valence-corrected chi connectivity index (χ3v) is 3.33. The molecule has 1 unspecified atom stereocenters. The van der Waals surface area contributed by atoms with Gasteiger partial charge < -0.3 is 4.42 Å². The first-order chi connectivity index (χ1) is 8.75. The Kier molecular flexibility index (Phi) is 4.63. The van der Waals surface area contributed by atoms with E-state index in [4.69, 9.17) is 4.42 Å². The van der Waals surface area contributed by atoms with Gasteiger partial charge in [0.05, 0.1) is 6.26 Å². The number of rotatable bonds is 6. The molecule has 2 aromatic rings. The van der Waals surface area contributed by atoms with Crippen LogP contribution in [0.3, 0.4) is 0 Å². The minimum Gasteiger partial charge on any atom is -0.469 e. The molecule has 0 aliphatic heterocycles. The lowest BCUT2D eigenvalue weighted by atomic mass is 9.89. The molecule has 0 N–H and O–H groups in total. The summed E-state index contributed by atoms with van der Waals surface area (Å²) in [6.07, 6.45) is 5.26. The molecule has 0 fully saturated rings. The molecule has 1 atom stereocenters. The van der Waals surface area contributed by atoms with Crippen LogP contribution in [0.4, 0.5) is 0 Å². The van der Waals surface area contributed by atoms with Crippen molar-refractivity contribution in [3.63, 3.8) is 0 Å². The summed E-state index contributed by atoms with van der Waals surface area (Å²) in [4.78, 5) is 0. The molecular formula is C17H22O. The van der Waals surface area contributed by atoms with Crippen molar-refractivity contribution in [3.8, 4) is 0 Å². The van der Waals surface area contributed by atoms with Gasteiger partial charge >= 0.3 is 0 Å². The van der Waals surface area contributed by atoms with E-state index >= 15 is 0 Å². The highest BCUT2D eigenvalue weighted by atomic mass is 16.3. The zero-order valence-corrected chi connectivity index (χ0v) is 11.3. The van der Waals surface area contributed by atoms with Gasteiger partial charge in [-0.1, -0.05) is 44.2 Å². The summed E-state index contributed by atoms with van der Waals surface area (Å²) < 4.78 is 5.58. The van der Waals surface area contributed by atoms with E-state index in [1.165, 1.54) is 12.0 Å². The second-order valence-electron chi connectivity index (χ2n) is 5.37. The lowest BCUT2D eigenvalue weighted by Gasteiger charge is -2.16. The van der Waals surface area contributed by atoms with Crippen molar-refractivity contribution >= 4 is 0 Å². The molecule has 0 bridgehead atoms. The highest BCUT2D eigenvalue weighted by Crippen LogP contribution is 2.28. The fraction of sp³-hybridized carbons (Fsp3) is 0.412. The summed E-state index contributed by atoms with van der Waals surface area (Å²) in [6, 6.07) is 14.8. The Hall–Kier alpha value is -1.50. The Morgan fingerprint density at radius 3 is 2.39 bits per heavy atom. The molecule has 1 heteroatoms. The summed E-state index contributed by atoms with van der Waals surface area (Å²) in [7, 11) is 0. The standard InChI is InChI=1S/C17H22O/c1-14(2)13-16(17-9-6-12-18-17)11-10-15-7-4-3-5-8-15/h3-9,12,14,16H,10-11,13H2,1-2H3. The maximum absolute atomic E-state index is 5.58. The van der Waals surface area contributed by atoms with Crippen LogP contribution in [0.5, 0.6) is 0 Å². The predicted molar refractivity (Wildman–Crippen MR) is 75.7 cm³/mol. The van der Waals surface area contributed by atoms with Gasteiger partial charge in [-0.2, -0.15) is 0 Å². The molecule has 18 heavy (non-hydrogen) atoms. The monoisotopic (exact) mass is 242 g/mol. The first-order valence-corrected chi connectivity index (χ1v) is 6.83. The summed E-state index contributed by atoms with van der Waals surface area (Å²) in [5.41, 5.74) is 1.41. The lowest BCUT2D eigenvalue weighted by Crippen LogP contribution is -2.04. The predicted octanol–water partition coefficient (Wildman–Crippen LogP) is 5.04. The van der Waals surface area contributed by atoms with E-state index in [1.54, 1.807) is 6.26 Å². The van der Waals surface area contributed by atoms with Gasteiger partial charge in [0.1, 0.15) is 5.76 Å². The average Bonchev–Trinajstić information content (AvgIpc) is 2.89. The van der Waals surface area contributed by atoms with E-state index in [2.05, 4.69) is 50.2 Å². The van der Waals surface area contributed by atoms with Crippen molar-refractivity contribution in [1.29, 1.82) is 0 Å². The van der Waals surface area contributed by atoms with Gasteiger partial charge in [0, 0.05) is 5.92 Å². The van der Waals surface area contributed by atoms with Crippen LogP contribution >= 0.6 is 0 Å². The molecule has 1 aromatic carbocycles. The van der Waals surface area contributed by atoms with Gasteiger partial charge in [-0.15, -0.1) is 0 Å². The number of hydrogen-bond acceptors (Lipinski definition) is 1. The molecule has 96 valence electrons. The molecule has 0 saturated heterocycles. The minimum atomic E-state index is 0.542. The van der Waals surface area contributed by atoms with E-state index in [9.17, 15) is 0 Å². The van der Waals surface area contributed by atoms with Crippen molar-refractivity contribution in [2.45, 2.75) is 39.0 Å². The van der Waals surface area contributed by atoms with Gasteiger partial charge in [-0.3, -0.25) is 0 Å². The molecule has 0 radical (unpaired) electrons. The van der Waals surface area contributed by atoms with E-state index in [-0.39, 0.29) is 0 Å². The van der Waals surface area contributed by atoms with Crippen LogP contribution in [0.25, 0.3) is 0 Å². The van der Waals surface area contributed by atoms with Gasteiger partial charge in [-0.05, 0) is 42.9 Å². The van der Waals surface area contributed by atoms with E-state index in [0.29, 0.717) is 11.8 Å². The van der Waals surface area contributed by atoms with Crippen LogP contribution in [-0.4, -0.2) is 0 Å². The molecule has 1 heterocycles. The van der Waals surface area contributed by atoms with Gasteiger partial charge in [0.15, 0.2) is 0 Å². The van der Waals surface area contributed by atoms with E-state index in [1.807, 2.05) is 6.07 Å². The molecule has 1 aromatic heterocycles. The van der Waals surface area contributed by atoms with Gasteiger partial charge in [0.2, 0.25) is 0 Å². The average molecular weight is 242 g/mol. The van der Waals surface area contributed by atoms with Gasteiger partial charge in [0.25, 0.3) is 0 Å². The van der Waals surface area contributed by atoms with Crippen LogP contribution in [0.2, 0.25) is 0 Å². The quantitative estimate of drug-likeness (QED) is 0.691. The summed E-state index contributed by atoms with van der Waals surface area (Å²) >= 11 is 0. The molecule has 1 nitrogen and oxygen atoms in total. The largest absolute Gasteiger partial charge is 0.469 e. The minimum absolute atomic E-state index is 0.542. The molecule has 0 aliphatic carbocycles. The van der Waals surface area contributed by atoms with Crippen LogP contribution in [0.1, 0.15) is 43.9 Å². The Bertz CT molecular complexity index is 428. The number of hydrogen-bond donors (Lipinski definition) is 0. The van der Waals surface area contributed by atoms with Crippen molar-refractivity contribution in [2.75, 3.05) is 0 Å². The maximum atomic E-state index is 5.58. The first-order valence-electron chi connectivity index (χ1n) is 6.83. The van der Waals surface area contributed by atoms with E-state index < -0.39 is 0 Å². The molecule has 0 spiro atoms. The van der Waals surface area contributed by atoms with Crippen LogP contribution in [-0.2, 0) is 6.42 Å². The third-order valence-electron chi connectivity index (χ3n) is 3.33. The summed E-state index contributed by atoms with van der Waals surface area (Å²) in [5.74, 6) is 2.38. The smallest absolute Gasteiger partial charge is 0.106 e. The maximum Gasteiger partial charge on any atom is 0.106 e. The fourth-order valence-electron chi connectivity index (χ4n) is 2.45. The molecule has 0 saturated carbocycles. The van der Waals surface area contributed by atoms with Gasteiger partial charge in [-0.25, -0.2) is 0 Å². The number of furan rings is 1. The summed E-state index contributed by atoms with van der Waals surface area (Å²) in [6.45, 7) is 4.55. The second-order valence-corrected chi connectivity index (χ2v) is 5.37. The Morgan fingerprint density at radius 2 is 1.78 bits per heavy atom. The lowest BCUT2D eigenvalue weighted by molar-refractivity contribution is 0.394. The first kappa shape index (κ1) is 12.9. The molecular weight excluding hydrogens is 220 g/mol. The van der Waals surface area contributed by atoms with Crippen molar-refractivity contribution in [2.24, 2.45) is 5.92 Å². The second kappa shape index (κ2) is 6.44. The Labute approximate surface area is 110 Å². The Balaban J connectivity index is 1.98. The van der Waals surface area contributed by atoms with Crippen molar-refractivity contribution in [1.82, 2.24) is 0 Å². The SMILES string of the molecule is CC(C)CC(CCc1ccccc1)c1ccco1. The zero-order valence-electron chi connectivity index (χ0n) is 11.3. The number of aryl methyl sites for hydroxylation is 1. The van der Waals surface area contributed by atoms with Crippen LogP contribution in [0.15, 0.2) is 53.1 Å². The summed E-state index contributed by atoms with van der Waals surface area (Å²) in [5, 5.41) is 0. The van der Waals surface area contributed by atoms with Crippen molar-refractivity contribution in [3.05, 3.63) is 60.1 Å². The zero-order chi connectivity index (χ0) is 12.8. The molecule has 2 rings (SSSR count). The van der Waals surface area contributed by atoms with E-state index in [0.717, 1.165) is 18.6 Å². The topological polar surface area (TPSA) is 13.1 Å². The third kappa shape index (κ3) is 3.76. The van der Waals surface area contributed by atoms with Crippen molar-refractivity contribution < 1.29 is 4.42 Å². The van der Waals surface area contributed by atoms with Crippen LogP contribution in [0, 0.1) is 5.92 Å².